The Bertz CT molecular complexity index is 666. The van der Waals surface area contributed by atoms with E-state index in [1.54, 1.807) is 0 Å². The van der Waals surface area contributed by atoms with Gasteiger partial charge < -0.3 is 4.74 Å². The van der Waals surface area contributed by atoms with Crippen LogP contribution in [-0.4, -0.2) is 18.4 Å². The molecule has 142 valence electrons. The fraction of sp³-hybridized carbons (Fsp3) is 0.826. The van der Waals surface area contributed by atoms with E-state index in [0.717, 1.165) is 24.2 Å². The number of rotatable bonds is 1. The molecular formula is C23H32O3. The summed E-state index contributed by atoms with van der Waals surface area (Å²) in [6.45, 7) is 5.63. The Morgan fingerprint density at radius 3 is 2.54 bits per heavy atom. The monoisotopic (exact) mass is 356 g/mol. The molecule has 1 unspecified atom stereocenters. The van der Waals surface area contributed by atoms with Gasteiger partial charge in [0.1, 0.15) is 0 Å². The topological polar surface area (TPSA) is 43.4 Å². The summed E-state index contributed by atoms with van der Waals surface area (Å²) in [7, 11) is 0. The van der Waals surface area contributed by atoms with Crippen molar-refractivity contribution in [3.8, 4) is 0 Å². The van der Waals surface area contributed by atoms with Crippen LogP contribution < -0.4 is 0 Å². The lowest BCUT2D eigenvalue weighted by molar-refractivity contribution is -0.137. The molecule has 1 aliphatic heterocycles. The maximum Gasteiger partial charge on any atom is 0.306 e. The largest absolute Gasteiger partial charge is 0.465 e. The predicted molar refractivity (Wildman–Crippen MR) is 99.2 cm³/mol. The van der Waals surface area contributed by atoms with Crippen molar-refractivity contribution in [1.29, 1.82) is 0 Å². The molecule has 3 nitrogen and oxygen atoms in total. The Balaban J connectivity index is 1.42. The molecule has 5 aliphatic rings. The molecule has 0 radical (unpaired) electrons. The van der Waals surface area contributed by atoms with Crippen LogP contribution in [0.25, 0.3) is 0 Å². The Morgan fingerprint density at radius 2 is 1.77 bits per heavy atom. The molecular weight excluding hydrogens is 324 g/mol. The molecule has 5 rings (SSSR count). The van der Waals surface area contributed by atoms with Gasteiger partial charge in [-0.25, -0.2) is 0 Å². The fourth-order valence-electron chi connectivity index (χ4n) is 8.24. The molecule has 4 aliphatic carbocycles. The summed E-state index contributed by atoms with van der Waals surface area (Å²) < 4.78 is 5.33. The first-order chi connectivity index (χ1) is 12.4. The first-order valence-electron chi connectivity index (χ1n) is 10.8. The molecule has 0 N–H and O–H groups in total. The lowest BCUT2D eigenvalue weighted by Gasteiger charge is -2.59. The minimum atomic E-state index is 0.0146. The molecule has 0 amide bonds. The zero-order valence-electron chi connectivity index (χ0n) is 16.2. The first kappa shape index (κ1) is 17.0. The van der Waals surface area contributed by atoms with Crippen molar-refractivity contribution in [2.45, 2.75) is 65.2 Å². The van der Waals surface area contributed by atoms with Gasteiger partial charge in [0.25, 0.3) is 0 Å². The SMILES string of the molecule is C[C@]12CC[C@H]3[C@@H](CCC4CC(=O)C=C[C@@]43C)[C@H]1CC[C@@H]2[C@@H]1COC(=O)C1. The van der Waals surface area contributed by atoms with Crippen LogP contribution in [-0.2, 0) is 14.3 Å². The number of cyclic esters (lactones) is 1. The van der Waals surface area contributed by atoms with E-state index in [1.165, 1.54) is 38.5 Å². The minimum absolute atomic E-state index is 0.0146. The summed E-state index contributed by atoms with van der Waals surface area (Å²) in [5.74, 6) is 4.36. The van der Waals surface area contributed by atoms with Crippen LogP contribution in [0, 0.1) is 46.3 Å². The van der Waals surface area contributed by atoms with Crippen molar-refractivity contribution in [2.75, 3.05) is 6.61 Å². The Labute approximate surface area is 156 Å². The van der Waals surface area contributed by atoms with E-state index in [2.05, 4.69) is 19.9 Å². The van der Waals surface area contributed by atoms with Gasteiger partial charge in [0, 0.05) is 12.3 Å². The Morgan fingerprint density at radius 1 is 0.962 bits per heavy atom. The number of ketones is 1. The highest BCUT2D eigenvalue weighted by Gasteiger charge is 2.60. The van der Waals surface area contributed by atoms with Gasteiger partial charge in [-0.3, -0.25) is 9.59 Å². The van der Waals surface area contributed by atoms with Crippen LogP contribution in [0.1, 0.15) is 65.2 Å². The molecule has 0 aromatic rings. The van der Waals surface area contributed by atoms with Gasteiger partial charge in [-0.2, -0.15) is 0 Å². The lowest BCUT2D eigenvalue weighted by Crippen LogP contribution is -2.52. The number of esters is 1. The molecule has 3 saturated carbocycles. The standard InChI is InChI=1S/C23H32O3/c1-22-9-7-16(24)12-15(22)3-4-17-19-6-5-18(14-11-21(25)26-13-14)23(19,2)10-8-20(17)22/h7,9,14-15,17-20H,3-6,8,10-13H2,1-2H3/t14-,15?,17-,18+,19+,20-,22-,23+/m0/s1. The van der Waals surface area contributed by atoms with Gasteiger partial charge in [-0.15, -0.1) is 0 Å². The van der Waals surface area contributed by atoms with Gasteiger partial charge >= 0.3 is 5.97 Å². The molecule has 0 spiro atoms. The third-order valence-corrected chi connectivity index (χ3v) is 9.57. The third-order valence-electron chi connectivity index (χ3n) is 9.57. The molecule has 4 fully saturated rings. The van der Waals surface area contributed by atoms with Gasteiger partial charge in [0.2, 0.25) is 0 Å². The number of carbonyl (C=O) groups excluding carboxylic acids is 2. The van der Waals surface area contributed by atoms with Crippen LogP contribution in [0.4, 0.5) is 0 Å². The van der Waals surface area contributed by atoms with Crippen LogP contribution in [0.5, 0.6) is 0 Å². The van der Waals surface area contributed by atoms with E-state index in [1.807, 2.05) is 6.08 Å². The summed E-state index contributed by atoms with van der Waals surface area (Å²) in [5.41, 5.74) is 0.611. The van der Waals surface area contributed by atoms with E-state index < -0.39 is 0 Å². The quantitative estimate of drug-likeness (QED) is 0.647. The zero-order valence-corrected chi connectivity index (χ0v) is 16.2. The number of hydrogen-bond donors (Lipinski definition) is 0. The zero-order chi connectivity index (χ0) is 18.1. The summed E-state index contributed by atoms with van der Waals surface area (Å²) in [6.07, 6.45) is 13.3. The normalized spacial score (nSPS) is 53.0. The van der Waals surface area contributed by atoms with Gasteiger partial charge in [-0.1, -0.05) is 19.9 Å². The van der Waals surface area contributed by atoms with Crippen molar-refractivity contribution in [3.63, 3.8) is 0 Å². The second kappa shape index (κ2) is 5.69. The molecule has 1 saturated heterocycles. The molecule has 0 aromatic heterocycles. The second-order valence-corrected chi connectivity index (χ2v) is 10.4. The van der Waals surface area contributed by atoms with E-state index in [-0.39, 0.29) is 11.4 Å². The molecule has 3 heteroatoms. The van der Waals surface area contributed by atoms with Crippen LogP contribution in [0.2, 0.25) is 0 Å². The summed E-state index contributed by atoms with van der Waals surface area (Å²) in [6, 6.07) is 0. The highest BCUT2D eigenvalue weighted by Crippen LogP contribution is 2.67. The lowest BCUT2D eigenvalue weighted by atomic mass is 9.45. The molecule has 8 atom stereocenters. The third kappa shape index (κ3) is 2.24. The van der Waals surface area contributed by atoms with E-state index in [9.17, 15) is 9.59 Å². The average Bonchev–Trinajstić information content (AvgIpc) is 3.18. The van der Waals surface area contributed by atoms with Crippen molar-refractivity contribution in [2.24, 2.45) is 46.3 Å². The number of hydrogen-bond acceptors (Lipinski definition) is 3. The summed E-state index contributed by atoms with van der Waals surface area (Å²) in [5, 5.41) is 0. The van der Waals surface area contributed by atoms with Crippen LogP contribution >= 0.6 is 0 Å². The smallest absolute Gasteiger partial charge is 0.306 e. The highest BCUT2D eigenvalue weighted by atomic mass is 16.5. The van der Waals surface area contributed by atoms with Crippen LogP contribution in [0.15, 0.2) is 12.2 Å². The van der Waals surface area contributed by atoms with Crippen molar-refractivity contribution in [3.05, 3.63) is 12.2 Å². The first-order valence-corrected chi connectivity index (χ1v) is 10.8. The summed E-state index contributed by atoms with van der Waals surface area (Å²) in [4.78, 5) is 23.6. The molecule has 0 aromatic carbocycles. The van der Waals surface area contributed by atoms with E-state index in [4.69, 9.17) is 4.74 Å². The maximum atomic E-state index is 11.9. The predicted octanol–water partition coefficient (Wildman–Crippen LogP) is 4.55. The number of allylic oxidation sites excluding steroid dienone is 2. The van der Waals surface area contributed by atoms with Gasteiger partial charge in [0.05, 0.1) is 13.0 Å². The van der Waals surface area contributed by atoms with Crippen LogP contribution in [0.3, 0.4) is 0 Å². The summed E-state index contributed by atoms with van der Waals surface area (Å²) >= 11 is 0. The van der Waals surface area contributed by atoms with Crippen molar-refractivity contribution >= 4 is 11.8 Å². The number of carbonyl (C=O) groups is 2. The van der Waals surface area contributed by atoms with Gasteiger partial charge in [0.15, 0.2) is 5.78 Å². The van der Waals surface area contributed by atoms with E-state index in [0.29, 0.717) is 42.0 Å². The maximum absolute atomic E-state index is 11.9. The highest BCUT2D eigenvalue weighted by molar-refractivity contribution is 5.91. The molecule has 26 heavy (non-hydrogen) atoms. The van der Waals surface area contributed by atoms with Gasteiger partial charge in [-0.05, 0) is 85.0 Å². The van der Waals surface area contributed by atoms with Crippen molar-refractivity contribution in [1.82, 2.24) is 0 Å². The number of ether oxygens (including phenoxy) is 1. The minimum Gasteiger partial charge on any atom is -0.465 e. The van der Waals surface area contributed by atoms with E-state index >= 15 is 0 Å². The fourth-order valence-corrected chi connectivity index (χ4v) is 8.24. The Kier molecular flexibility index (Phi) is 3.72. The molecule has 1 heterocycles. The second-order valence-electron chi connectivity index (χ2n) is 10.4. The Hall–Kier alpha value is -1.12. The molecule has 0 bridgehead atoms. The van der Waals surface area contributed by atoms with Crippen molar-refractivity contribution < 1.29 is 14.3 Å². The number of fused-ring (bicyclic) bond motifs is 5. The average molecular weight is 357 g/mol.